The summed E-state index contributed by atoms with van der Waals surface area (Å²) in [4.78, 5) is 14.2. The lowest BCUT2D eigenvalue weighted by molar-refractivity contribution is 0.0743. The number of nitrogens with zero attached hydrogens (tertiary/aromatic N) is 1. The minimum atomic E-state index is -3.99. The van der Waals surface area contributed by atoms with E-state index in [-0.39, 0.29) is 27.4 Å². The van der Waals surface area contributed by atoms with E-state index in [2.05, 4.69) is 15.9 Å². The van der Waals surface area contributed by atoms with Crippen LogP contribution in [-0.4, -0.2) is 31.8 Å². The second-order valence-corrected chi connectivity index (χ2v) is 7.86. The van der Waals surface area contributed by atoms with Gasteiger partial charge in [0.25, 0.3) is 5.91 Å². The van der Waals surface area contributed by atoms with Crippen molar-refractivity contribution in [2.75, 3.05) is 6.54 Å². The molecule has 5 nitrogen and oxygen atoms in total. The average molecular weight is 396 g/mol. The van der Waals surface area contributed by atoms with Crippen molar-refractivity contribution in [2.45, 2.75) is 37.1 Å². The van der Waals surface area contributed by atoms with Crippen LogP contribution < -0.4 is 5.14 Å². The molecule has 0 saturated heterocycles. The number of halogens is 2. The predicted molar refractivity (Wildman–Crippen MR) is 84.9 cm³/mol. The Balaban J connectivity index is 2.48. The molecule has 0 spiro atoms. The van der Waals surface area contributed by atoms with E-state index in [1.807, 2.05) is 6.92 Å². The summed E-state index contributed by atoms with van der Waals surface area (Å²) in [5.74, 6) is -0.254. The molecule has 1 aliphatic rings. The summed E-state index contributed by atoms with van der Waals surface area (Å²) in [5, 5.41) is 5.03. The zero-order chi connectivity index (χ0) is 15.8. The van der Waals surface area contributed by atoms with Gasteiger partial charge in [0.05, 0.1) is 10.6 Å². The number of hydrogen-bond donors (Lipinski definition) is 1. The third-order valence-electron chi connectivity index (χ3n) is 3.25. The van der Waals surface area contributed by atoms with E-state index in [1.54, 1.807) is 4.90 Å². The number of carbonyl (C=O) groups excluding carboxylic acids is 1. The summed E-state index contributed by atoms with van der Waals surface area (Å²) < 4.78 is 23.6. The third kappa shape index (κ3) is 3.77. The van der Waals surface area contributed by atoms with Crippen molar-refractivity contribution in [3.8, 4) is 0 Å². The Morgan fingerprint density at radius 3 is 2.57 bits per heavy atom. The first kappa shape index (κ1) is 16.7. The lowest BCUT2D eigenvalue weighted by atomic mass is 10.2. The summed E-state index contributed by atoms with van der Waals surface area (Å²) in [6.07, 6.45) is 2.77. The monoisotopic (exact) mass is 394 g/mol. The second-order valence-electron chi connectivity index (χ2n) is 5.04. The van der Waals surface area contributed by atoms with Gasteiger partial charge in [-0.2, -0.15) is 0 Å². The van der Waals surface area contributed by atoms with E-state index in [4.69, 9.17) is 16.7 Å². The molecule has 1 aliphatic carbocycles. The highest BCUT2D eigenvalue weighted by atomic mass is 79.9. The zero-order valence-electron chi connectivity index (χ0n) is 11.5. The highest BCUT2D eigenvalue weighted by Gasteiger charge is 2.34. The molecular formula is C13H16BrClN2O3S. The quantitative estimate of drug-likeness (QED) is 0.832. The van der Waals surface area contributed by atoms with Crippen LogP contribution in [0.2, 0.25) is 5.02 Å². The van der Waals surface area contributed by atoms with Crippen LogP contribution in [0.5, 0.6) is 0 Å². The topological polar surface area (TPSA) is 80.5 Å². The minimum absolute atomic E-state index is 0.118. The van der Waals surface area contributed by atoms with Crippen molar-refractivity contribution >= 4 is 43.5 Å². The van der Waals surface area contributed by atoms with Gasteiger partial charge in [0.1, 0.15) is 4.90 Å². The smallest absolute Gasteiger partial charge is 0.255 e. The Labute approximate surface area is 137 Å². The number of benzene rings is 1. The Morgan fingerprint density at radius 1 is 1.48 bits per heavy atom. The van der Waals surface area contributed by atoms with Crippen molar-refractivity contribution in [3.63, 3.8) is 0 Å². The maximum atomic E-state index is 12.7. The predicted octanol–water partition coefficient (Wildman–Crippen LogP) is 2.76. The maximum Gasteiger partial charge on any atom is 0.255 e. The van der Waals surface area contributed by atoms with Crippen molar-refractivity contribution < 1.29 is 13.2 Å². The van der Waals surface area contributed by atoms with Gasteiger partial charge in [-0.3, -0.25) is 4.79 Å². The molecule has 2 rings (SSSR count). The lowest BCUT2D eigenvalue weighted by Crippen LogP contribution is -2.34. The van der Waals surface area contributed by atoms with Crippen LogP contribution in [0.15, 0.2) is 21.5 Å². The standard InChI is InChI=1S/C13H16BrClN2O3S/c1-2-5-17(9-3-4-9)13(18)10-6-8(14)7-11(12(10)15)21(16,19)20/h6-7,9H,2-5H2,1H3,(H2,16,19,20). The summed E-state index contributed by atoms with van der Waals surface area (Å²) in [7, 11) is -3.99. The van der Waals surface area contributed by atoms with E-state index in [9.17, 15) is 13.2 Å². The van der Waals surface area contributed by atoms with E-state index < -0.39 is 10.0 Å². The average Bonchev–Trinajstić information content (AvgIpc) is 3.20. The first-order chi connectivity index (χ1) is 9.75. The minimum Gasteiger partial charge on any atom is -0.336 e. The SMILES string of the molecule is CCCN(C(=O)c1cc(Br)cc(S(N)(=O)=O)c1Cl)C1CC1. The normalized spacial score (nSPS) is 15.0. The molecule has 21 heavy (non-hydrogen) atoms. The molecule has 1 aromatic rings. The molecule has 1 amide bonds. The number of carbonyl (C=O) groups is 1. The Morgan fingerprint density at radius 2 is 2.10 bits per heavy atom. The Hall–Kier alpha value is -0.630. The number of rotatable bonds is 5. The van der Waals surface area contributed by atoms with E-state index in [1.165, 1.54) is 12.1 Å². The molecule has 2 N–H and O–H groups in total. The number of hydrogen-bond acceptors (Lipinski definition) is 3. The molecule has 0 aromatic heterocycles. The number of amides is 1. The molecule has 1 fully saturated rings. The van der Waals surface area contributed by atoms with Gasteiger partial charge in [-0.15, -0.1) is 0 Å². The van der Waals surface area contributed by atoms with Crippen LogP contribution in [0.1, 0.15) is 36.5 Å². The number of nitrogens with two attached hydrogens (primary N) is 1. The molecule has 8 heteroatoms. The van der Waals surface area contributed by atoms with Gasteiger partial charge >= 0.3 is 0 Å². The second kappa shape index (κ2) is 6.24. The van der Waals surface area contributed by atoms with Crippen molar-refractivity contribution in [3.05, 3.63) is 27.2 Å². The molecular weight excluding hydrogens is 380 g/mol. The van der Waals surface area contributed by atoms with Crippen LogP contribution in [0.25, 0.3) is 0 Å². The van der Waals surface area contributed by atoms with Gasteiger partial charge in [0, 0.05) is 17.1 Å². The van der Waals surface area contributed by atoms with Crippen molar-refractivity contribution in [1.82, 2.24) is 4.90 Å². The fraction of sp³-hybridized carbons (Fsp3) is 0.462. The van der Waals surface area contributed by atoms with Gasteiger partial charge in [0.15, 0.2) is 0 Å². The van der Waals surface area contributed by atoms with Gasteiger partial charge < -0.3 is 4.90 Å². The largest absolute Gasteiger partial charge is 0.336 e. The van der Waals surface area contributed by atoms with E-state index in [0.29, 0.717) is 11.0 Å². The summed E-state index contributed by atoms with van der Waals surface area (Å²) in [5.41, 5.74) is 0.162. The van der Waals surface area contributed by atoms with E-state index in [0.717, 1.165) is 19.3 Å². The molecule has 0 heterocycles. The third-order valence-corrected chi connectivity index (χ3v) is 5.17. The number of primary sulfonamides is 1. The summed E-state index contributed by atoms with van der Waals surface area (Å²) in [6, 6.07) is 3.06. The van der Waals surface area contributed by atoms with Gasteiger partial charge in [0.2, 0.25) is 10.0 Å². The fourth-order valence-electron chi connectivity index (χ4n) is 2.16. The maximum absolute atomic E-state index is 12.7. The molecule has 1 aromatic carbocycles. The molecule has 1 saturated carbocycles. The van der Waals surface area contributed by atoms with Crippen LogP contribution in [0.4, 0.5) is 0 Å². The molecule has 0 radical (unpaired) electrons. The molecule has 0 bridgehead atoms. The van der Waals surface area contributed by atoms with Crippen LogP contribution >= 0.6 is 27.5 Å². The highest BCUT2D eigenvalue weighted by Crippen LogP contribution is 2.33. The Kier molecular flexibility index (Phi) is 4.97. The fourth-order valence-corrected chi connectivity index (χ4v) is 3.93. The van der Waals surface area contributed by atoms with Crippen LogP contribution in [0, 0.1) is 0 Å². The van der Waals surface area contributed by atoms with Gasteiger partial charge in [-0.25, -0.2) is 13.6 Å². The zero-order valence-corrected chi connectivity index (χ0v) is 14.6. The Bertz CT molecular complexity index is 674. The van der Waals surface area contributed by atoms with E-state index >= 15 is 0 Å². The highest BCUT2D eigenvalue weighted by molar-refractivity contribution is 9.10. The number of sulfonamides is 1. The summed E-state index contributed by atoms with van der Waals surface area (Å²) >= 11 is 9.30. The van der Waals surface area contributed by atoms with Gasteiger partial charge in [-0.05, 0) is 31.4 Å². The first-order valence-corrected chi connectivity index (χ1v) is 9.30. The summed E-state index contributed by atoms with van der Waals surface area (Å²) in [6.45, 7) is 2.61. The lowest BCUT2D eigenvalue weighted by Gasteiger charge is -2.23. The molecule has 0 atom stereocenters. The van der Waals surface area contributed by atoms with Crippen LogP contribution in [-0.2, 0) is 10.0 Å². The molecule has 0 aliphatic heterocycles. The first-order valence-electron chi connectivity index (χ1n) is 6.58. The van der Waals surface area contributed by atoms with Gasteiger partial charge in [-0.1, -0.05) is 34.5 Å². The van der Waals surface area contributed by atoms with Crippen molar-refractivity contribution in [2.24, 2.45) is 5.14 Å². The molecule has 0 unspecified atom stereocenters. The molecule has 116 valence electrons. The van der Waals surface area contributed by atoms with Crippen molar-refractivity contribution in [1.29, 1.82) is 0 Å². The van der Waals surface area contributed by atoms with Crippen LogP contribution in [0.3, 0.4) is 0 Å².